The van der Waals surface area contributed by atoms with Gasteiger partial charge in [0.25, 0.3) is 0 Å². The molecule has 0 aliphatic heterocycles. The van der Waals surface area contributed by atoms with Crippen LogP contribution in [0.25, 0.3) is 11.4 Å². The van der Waals surface area contributed by atoms with Gasteiger partial charge in [-0.1, -0.05) is 53.7 Å². The van der Waals surface area contributed by atoms with E-state index in [4.69, 9.17) is 11.6 Å². The first-order valence-corrected chi connectivity index (χ1v) is 10.0. The molecule has 0 saturated carbocycles. The standard InChI is InChI=1S/C20H21ClN4OS/c1-3-25-18(16-9-11-17(21)12-10-16)23-24-20(25)27-14(2)19(26)22-13-15-7-5-4-6-8-15/h4-12,14H,3,13H2,1-2H3,(H,22,26)/t14-/m0/s1. The molecule has 1 N–H and O–H groups in total. The van der Waals surface area contributed by atoms with Gasteiger partial charge < -0.3 is 9.88 Å². The third-order valence-corrected chi connectivity index (χ3v) is 5.43. The van der Waals surface area contributed by atoms with Crippen LogP contribution in [0.3, 0.4) is 0 Å². The predicted molar refractivity (Wildman–Crippen MR) is 110 cm³/mol. The van der Waals surface area contributed by atoms with Crippen LogP contribution < -0.4 is 5.32 Å². The number of nitrogens with zero attached hydrogens (tertiary/aromatic N) is 3. The highest BCUT2D eigenvalue weighted by atomic mass is 35.5. The van der Waals surface area contributed by atoms with Crippen molar-refractivity contribution >= 4 is 29.3 Å². The highest BCUT2D eigenvalue weighted by molar-refractivity contribution is 8.00. The lowest BCUT2D eigenvalue weighted by Crippen LogP contribution is -2.30. The highest BCUT2D eigenvalue weighted by Crippen LogP contribution is 2.27. The molecule has 3 rings (SSSR count). The van der Waals surface area contributed by atoms with Crippen molar-refractivity contribution in [1.29, 1.82) is 0 Å². The molecule has 1 aromatic heterocycles. The number of carbonyl (C=O) groups excluding carboxylic acids is 1. The molecule has 1 heterocycles. The summed E-state index contributed by atoms with van der Waals surface area (Å²) >= 11 is 7.37. The van der Waals surface area contributed by atoms with E-state index in [-0.39, 0.29) is 11.2 Å². The van der Waals surface area contributed by atoms with Crippen LogP contribution in [0, 0.1) is 0 Å². The molecule has 2 aromatic carbocycles. The summed E-state index contributed by atoms with van der Waals surface area (Å²) in [6, 6.07) is 17.4. The average Bonchev–Trinajstić information content (AvgIpc) is 3.09. The van der Waals surface area contributed by atoms with E-state index in [0.29, 0.717) is 18.1 Å². The van der Waals surface area contributed by atoms with Crippen LogP contribution in [-0.4, -0.2) is 25.9 Å². The van der Waals surface area contributed by atoms with Crippen molar-refractivity contribution in [2.75, 3.05) is 0 Å². The molecule has 140 valence electrons. The third kappa shape index (κ3) is 4.90. The molecule has 0 bridgehead atoms. The highest BCUT2D eigenvalue weighted by Gasteiger charge is 2.20. The van der Waals surface area contributed by atoms with Gasteiger partial charge in [0.1, 0.15) is 0 Å². The quantitative estimate of drug-likeness (QED) is 0.596. The van der Waals surface area contributed by atoms with E-state index in [9.17, 15) is 4.79 Å². The molecular formula is C20H21ClN4OS. The van der Waals surface area contributed by atoms with Crippen LogP contribution in [-0.2, 0) is 17.9 Å². The fourth-order valence-electron chi connectivity index (χ4n) is 2.61. The molecule has 1 amide bonds. The van der Waals surface area contributed by atoms with E-state index >= 15 is 0 Å². The molecule has 0 saturated heterocycles. The lowest BCUT2D eigenvalue weighted by atomic mass is 10.2. The number of thioether (sulfide) groups is 1. The smallest absolute Gasteiger partial charge is 0.233 e. The number of halogens is 1. The fourth-order valence-corrected chi connectivity index (χ4v) is 3.68. The van der Waals surface area contributed by atoms with Gasteiger partial charge in [-0.3, -0.25) is 4.79 Å². The van der Waals surface area contributed by atoms with Gasteiger partial charge in [-0.15, -0.1) is 10.2 Å². The van der Waals surface area contributed by atoms with Gasteiger partial charge in [-0.25, -0.2) is 0 Å². The Morgan fingerprint density at radius 2 is 1.85 bits per heavy atom. The lowest BCUT2D eigenvalue weighted by Gasteiger charge is -2.13. The zero-order valence-electron chi connectivity index (χ0n) is 15.2. The summed E-state index contributed by atoms with van der Waals surface area (Å²) in [5, 5.41) is 12.7. The molecule has 0 unspecified atom stereocenters. The molecule has 0 aliphatic carbocycles. The zero-order chi connectivity index (χ0) is 19.2. The van der Waals surface area contributed by atoms with E-state index in [0.717, 1.165) is 22.1 Å². The number of aromatic nitrogens is 3. The van der Waals surface area contributed by atoms with E-state index in [1.165, 1.54) is 11.8 Å². The Hall–Kier alpha value is -2.31. The maximum absolute atomic E-state index is 12.4. The minimum Gasteiger partial charge on any atom is -0.351 e. The number of carbonyl (C=O) groups is 1. The molecule has 5 nitrogen and oxygen atoms in total. The Morgan fingerprint density at radius 3 is 2.52 bits per heavy atom. The molecule has 0 spiro atoms. The van der Waals surface area contributed by atoms with Gasteiger partial charge in [0.05, 0.1) is 5.25 Å². The SMILES string of the molecule is CCn1c(S[C@@H](C)C(=O)NCc2ccccc2)nnc1-c1ccc(Cl)cc1. The monoisotopic (exact) mass is 400 g/mol. The van der Waals surface area contributed by atoms with Crippen molar-refractivity contribution in [2.24, 2.45) is 0 Å². The first kappa shape index (κ1) is 19.5. The van der Waals surface area contributed by atoms with Crippen molar-refractivity contribution in [1.82, 2.24) is 20.1 Å². The number of hydrogen-bond donors (Lipinski definition) is 1. The molecule has 3 aromatic rings. The van der Waals surface area contributed by atoms with Crippen LogP contribution in [0.1, 0.15) is 19.4 Å². The second kappa shape index (κ2) is 9.06. The van der Waals surface area contributed by atoms with E-state index in [1.807, 2.05) is 73.0 Å². The van der Waals surface area contributed by atoms with Crippen molar-refractivity contribution < 1.29 is 4.79 Å². The predicted octanol–water partition coefficient (Wildman–Crippen LogP) is 4.42. The fraction of sp³-hybridized carbons (Fsp3) is 0.250. The summed E-state index contributed by atoms with van der Waals surface area (Å²) in [4.78, 5) is 12.4. The summed E-state index contributed by atoms with van der Waals surface area (Å²) in [5.74, 6) is 0.746. The number of nitrogens with one attached hydrogen (secondary N) is 1. The van der Waals surface area contributed by atoms with Gasteiger partial charge in [0.15, 0.2) is 11.0 Å². The largest absolute Gasteiger partial charge is 0.351 e. The summed E-state index contributed by atoms with van der Waals surface area (Å²) < 4.78 is 2.01. The first-order valence-electron chi connectivity index (χ1n) is 8.76. The normalized spacial score (nSPS) is 12.0. The summed E-state index contributed by atoms with van der Waals surface area (Å²) in [6.07, 6.45) is 0. The first-order chi connectivity index (χ1) is 13.1. The molecule has 27 heavy (non-hydrogen) atoms. The van der Waals surface area contributed by atoms with Crippen LogP contribution in [0.5, 0.6) is 0 Å². The van der Waals surface area contributed by atoms with Crippen molar-refractivity contribution in [3.63, 3.8) is 0 Å². The average molecular weight is 401 g/mol. The Kier molecular flexibility index (Phi) is 6.53. The molecule has 0 aliphatic rings. The second-order valence-electron chi connectivity index (χ2n) is 6.02. The number of hydrogen-bond acceptors (Lipinski definition) is 4. The Bertz CT molecular complexity index is 896. The van der Waals surface area contributed by atoms with Crippen molar-refractivity contribution in [3.05, 3.63) is 65.2 Å². The van der Waals surface area contributed by atoms with E-state index in [1.54, 1.807) is 0 Å². The number of rotatable bonds is 7. The molecular weight excluding hydrogens is 380 g/mol. The van der Waals surface area contributed by atoms with Gasteiger partial charge in [-0.05, 0) is 43.7 Å². The summed E-state index contributed by atoms with van der Waals surface area (Å²) in [7, 11) is 0. The molecule has 0 fully saturated rings. The van der Waals surface area contributed by atoms with Gasteiger partial charge in [0.2, 0.25) is 5.91 Å². The molecule has 0 radical (unpaired) electrons. The van der Waals surface area contributed by atoms with Crippen LogP contribution in [0.2, 0.25) is 5.02 Å². The molecule has 7 heteroatoms. The van der Waals surface area contributed by atoms with Crippen LogP contribution >= 0.6 is 23.4 Å². The summed E-state index contributed by atoms with van der Waals surface area (Å²) in [6.45, 7) is 5.14. The maximum atomic E-state index is 12.4. The van der Waals surface area contributed by atoms with Crippen LogP contribution in [0.15, 0.2) is 59.8 Å². The van der Waals surface area contributed by atoms with E-state index in [2.05, 4.69) is 15.5 Å². The van der Waals surface area contributed by atoms with E-state index < -0.39 is 0 Å². The Labute approximate surface area is 168 Å². The van der Waals surface area contributed by atoms with Gasteiger partial charge in [-0.2, -0.15) is 0 Å². The minimum atomic E-state index is -0.277. The van der Waals surface area contributed by atoms with Crippen molar-refractivity contribution in [2.45, 2.75) is 37.3 Å². The van der Waals surface area contributed by atoms with Crippen LogP contribution in [0.4, 0.5) is 0 Å². The summed E-state index contributed by atoms with van der Waals surface area (Å²) in [5.41, 5.74) is 2.02. The second-order valence-corrected chi connectivity index (χ2v) is 7.77. The van der Waals surface area contributed by atoms with Gasteiger partial charge in [0, 0.05) is 23.7 Å². The zero-order valence-corrected chi connectivity index (χ0v) is 16.8. The molecule has 1 atom stereocenters. The number of amides is 1. The van der Waals surface area contributed by atoms with Crippen molar-refractivity contribution in [3.8, 4) is 11.4 Å². The maximum Gasteiger partial charge on any atom is 0.233 e. The third-order valence-electron chi connectivity index (χ3n) is 4.10. The lowest BCUT2D eigenvalue weighted by molar-refractivity contribution is -0.120. The Balaban J connectivity index is 1.67. The number of benzene rings is 2. The van der Waals surface area contributed by atoms with Gasteiger partial charge >= 0.3 is 0 Å². The topological polar surface area (TPSA) is 59.8 Å². The minimum absolute atomic E-state index is 0.0254. The Morgan fingerprint density at radius 1 is 1.15 bits per heavy atom.